The Balaban J connectivity index is 1.28. The van der Waals surface area contributed by atoms with Crippen LogP contribution in [0.15, 0.2) is 132 Å². The lowest BCUT2D eigenvalue weighted by Crippen LogP contribution is -2.01. The van der Waals surface area contributed by atoms with Crippen molar-refractivity contribution in [3.63, 3.8) is 0 Å². The van der Waals surface area contributed by atoms with Gasteiger partial charge in [0.2, 0.25) is 5.89 Å². The molecule has 8 heteroatoms. The molecule has 0 fully saturated rings. The van der Waals surface area contributed by atoms with E-state index in [1.165, 1.54) is 0 Å². The molecule has 0 aliphatic heterocycles. The summed E-state index contributed by atoms with van der Waals surface area (Å²) in [6.07, 6.45) is 9.43. The van der Waals surface area contributed by atoms with Gasteiger partial charge < -0.3 is 18.1 Å². The predicted molar refractivity (Wildman–Crippen MR) is 181 cm³/mol. The van der Waals surface area contributed by atoms with Gasteiger partial charge in [0.1, 0.15) is 17.2 Å². The van der Waals surface area contributed by atoms with Gasteiger partial charge in [-0.2, -0.15) is 0 Å². The molecule has 0 saturated heterocycles. The number of nitrogens with zero attached hydrogens (tertiary/aromatic N) is 7. The zero-order chi connectivity index (χ0) is 30.8. The van der Waals surface area contributed by atoms with Crippen LogP contribution in [0.25, 0.3) is 84.1 Å². The molecule has 9 rings (SSSR count). The molecule has 0 spiro atoms. The summed E-state index contributed by atoms with van der Waals surface area (Å²) in [6, 6.07) is 33.4. The summed E-state index contributed by atoms with van der Waals surface area (Å²) in [5.41, 5.74) is 9.51. The number of aromatic nitrogens is 7. The smallest absolute Gasteiger partial charge is 0.227 e. The van der Waals surface area contributed by atoms with Crippen molar-refractivity contribution in [1.82, 2.24) is 33.6 Å². The van der Waals surface area contributed by atoms with Crippen LogP contribution in [0.1, 0.15) is 0 Å². The van der Waals surface area contributed by atoms with Crippen LogP contribution < -0.4 is 0 Å². The highest BCUT2D eigenvalue weighted by Gasteiger charge is 2.20. The molecule has 0 unspecified atom stereocenters. The molecular formula is C38H27N7O. The Kier molecular flexibility index (Phi) is 5.76. The molecule has 0 aliphatic rings. The van der Waals surface area contributed by atoms with Crippen molar-refractivity contribution in [3.05, 3.63) is 128 Å². The first-order chi connectivity index (χ1) is 22.6. The number of oxazole rings is 1. The Hall–Kier alpha value is -6.28. The summed E-state index contributed by atoms with van der Waals surface area (Å²) in [5.74, 6) is 2.35. The fraction of sp³-hybridized carbons (Fsp3) is 0.0526. The van der Waals surface area contributed by atoms with Gasteiger partial charge in [0.05, 0.1) is 22.4 Å². The molecule has 4 aromatic carbocycles. The van der Waals surface area contributed by atoms with E-state index in [1.54, 1.807) is 6.20 Å². The van der Waals surface area contributed by atoms with Gasteiger partial charge in [-0.05, 0) is 54.6 Å². The van der Waals surface area contributed by atoms with Gasteiger partial charge >= 0.3 is 0 Å². The second kappa shape index (κ2) is 10.1. The summed E-state index contributed by atoms with van der Waals surface area (Å²) in [5, 5.41) is 2.31. The topological polar surface area (TPSA) is 79.5 Å². The zero-order valence-corrected chi connectivity index (χ0v) is 25.2. The van der Waals surface area contributed by atoms with Crippen LogP contribution in [0.4, 0.5) is 0 Å². The molecular weight excluding hydrogens is 570 g/mol. The number of imidazole rings is 2. The fourth-order valence-electron chi connectivity index (χ4n) is 6.39. The number of hydrogen-bond acceptors (Lipinski definition) is 5. The molecule has 0 amide bonds. The highest BCUT2D eigenvalue weighted by molar-refractivity contribution is 6.10. The monoisotopic (exact) mass is 597 g/mol. The lowest BCUT2D eigenvalue weighted by Gasteiger charge is -2.16. The minimum atomic E-state index is 0.593. The maximum absolute atomic E-state index is 6.19. The van der Waals surface area contributed by atoms with E-state index >= 15 is 0 Å². The number of para-hydroxylation sites is 3. The van der Waals surface area contributed by atoms with Crippen molar-refractivity contribution in [2.45, 2.75) is 0 Å². The van der Waals surface area contributed by atoms with Gasteiger partial charge in [-0.1, -0.05) is 42.5 Å². The van der Waals surface area contributed by atoms with Crippen molar-refractivity contribution in [2.75, 3.05) is 0 Å². The Labute approximate surface area is 263 Å². The molecule has 46 heavy (non-hydrogen) atoms. The highest BCUT2D eigenvalue weighted by Crippen LogP contribution is 2.39. The summed E-state index contributed by atoms with van der Waals surface area (Å²) >= 11 is 0. The minimum Gasteiger partial charge on any atom is -0.436 e. The van der Waals surface area contributed by atoms with E-state index in [4.69, 9.17) is 19.4 Å². The molecule has 8 nitrogen and oxygen atoms in total. The van der Waals surface area contributed by atoms with Crippen LogP contribution in [0.3, 0.4) is 0 Å². The third kappa shape index (κ3) is 4.07. The first-order valence-corrected chi connectivity index (χ1v) is 15.1. The zero-order valence-electron chi connectivity index (χ0n) is 25.2. The van der Waals surface area contributed by atoms with E-state index in [-0.39, 0.29) is 0 Å². The molecule has 5 aromatic heterocycles. The Morgan fingerprint density at radius 3 is 2.13 bits per heavy atom. The molecule has 220 valence electrons. The predicted octanol–water partition coefficient (Wildman–Crippen LogP) is 8.45. The number of hydrogen-bond donors (Lipinski definition) is 0. The van der Waals surface area contributed by atoms with Gasteiger partial charge in [0, 0.05) is 78.1 Å². The maximum Gasteiger partial charge on any atom is 0.227 e. The molecule has 5 heterocycles. The van der Waals surface area contributed by atoms with Gasteiger partial charge in [-0.15, -0.1) is 0 Å². The van der Waals surface area contributed by atoms with E-state index in [0.29, 0.717) is 5.89 Å². The number of benzene rings is 4. The van der Waals surface area contributed by atoms with Crippen molar-refractivity contribution in [2.24, 2.45) is 14.1 Å². The molecule has 9 aromatic rings. The molecule has 0 saturated carbocycles. The SMILES string of the molecule is Cn1ccnc1-c1ccc(-c2ccc(-c3nccn3C)c(-n3c4ccccc4c4ccc(-c5nc6ccccc6o5)cc43)c2)nc1. The fourth-order valence-corrected chi connectivity index (χ4v) is 6.39. The van der Waals surface area contributed by atoms with Crippen LogP contribution in [0.2, 0.25) is 0 Å². The highest BCUT2D eigenvalue weighted by atomic mass is 16.3. The molecule has 0 bridgehead atoms. The Bertz CT molecular complexity index is 2530. The summed E-state index contributed by atoms with van der Waals surface area (Å²) < 4.78 is 12.6. The van der Waals surface area contributed by atoms with E-state index in [9.17, 15) is 0 Å². The maximum atomic E-state index is 6.19. The second-order valence-electron chi connectivity index (χ2n) is 11.5. The van der Waals surface area contributed by atoms with Gasteiger partial charge in [0.25, 0.3) is 0 Å². The number of aryl methyl sites for hydroxylation is 2. The molecule has 0 N–H and O–H groups in total. The van der Waals surface area contributed by atoms with Crippen LogP contribution in [0.5, 0.6) is 0 Å². The standard InChI is InChI=1S/C38H27N7O/c1-43-19-17-39-36(43)26-13-16-30(41-23-26)24-11-15-29(37-40-18-20-44(37)2)34(21-24)45-32-9-5-3-7-27(32)28-14-12-25(22-33(28)45)38-42-31-8-4-6-10-35(31)46-38/h3-23H,1-2H3. The normalized spacial score (nSPS) is 11.7. The number of rotatable bonds is 5. The Morgan fingerprint density at radius 2 is 1.35 bits per heavy atom. The number of fused-ring (bicyclic) bond motifs is 4. The minimum absolute atomic E-state index is 0.593. The summed E-state index contributed by atoms with van der Waals surface area (Å²) in [7, 11) is 4.01. The van der Waals surface area contributed by atoms with Crippen LogP contribution in [-0.2, 0) is 14.1 Å². The van der Waals surface area contributed by atoms with E-state index in [0.717, 1.165) is 78.2 Å². The lowest BCUT2D eigenvalue weighted by molar-refractivity contribution is 0.620. The van der Waals surface area contributed by atoms with Crippen molar-refractivity contribution in [3.8, 4) is 51.2 Å². The van der Waals surface area contributed by atoms with Crippen LogP contribution >= 0.6 is 0 Å². The van der Waals surface area contributed by atoms with Crippen LogP contribution in [0, 0.1) is 0 Å². The average molecular weight is 598 g/mol. The van der Waals surface area contributed by atoms with E-state index in [2.05, 4.69) is 86.9 Å². The molecule has 0 radical (unpaired) electrons. The van der Waals surface area contributed by atoms with E-state index < -0.39 is 0 Å². The first kappa shape index (κ1) is 26.2. The Morgan fingerprint density at radius 1 is 0.609 bits per heavy atom. The second-order valence-corrected chi connectivity index (χ2v) is 11.5. The third-order valence-corrected chi connectivity index (χ3v) is 8.65. The molecule has 0 atom stereocenters. The van der Waals surface area contributed by atoms with Crippen molar-refractivity contribution >= 4 is 32.9 Å². The first-order valence-electron chi connectivity index (χ1n) is 15.1. The average Bonchev–Trinajstić information content (AvgIpc) is 3.89. The lowest BCUT2D eigenvalue weighted by atomic mass is 10.0. The number of pyridine rings is 1. The van der Waals surface area contributed by atoms with Gasteiger partial charge in [-0.25, -0.2) is 15.0 Å². The quantitative estimate of drug-likeness (QED) is 0.199. The van der Waals surface area contributed by atoms with Crippen molar-refractivity contribution < 1.29 is 4.42 Å². The van der Waals surface area contributed by atoms with E-state index in [1.807, 2.05) is 67.7 Å². The molecule has 0 aliphatic carbocycles. The summed E-state index contributed by atoms with van der Waals surface area (Å²) in [4.78, 5) is 18.9. The third-order valence-electron chi connectivity index (χ3n) is 8.65. The van der Waals surface area contributed by atoms with Gasteiger partial charge in [0.15, 0.2) is 5.58 Å². The largest absolute Gasteiger partial charge is 0.436 e. The van der Waals surface area contributed by atoms with Crippen LogP contribution in [-0.4, -0.2) is 33.6 Å². The van der Waals surface area contributed by atoms with Gasteiger partial charge in [-0.3, -0.25) is 4.98 Å². The summed E-state index contributed by atoms with van der Waals surface area (Å²) in [6.45, 7) is 0. The van der Waals surface area contributed by atoms with Crippen molar-refractivity contribution in [1.29, 1.82) is 0 Å².